The van der Waals surface area contributed by atoms with Crippen LogP contribution in [0.2, 0.25) is 0 Å². The lowest BCUT2D eigenvalue weighted by Crippen LogP contribution is -2.14. The van der Waals surface area contributed by atoms with Gasteiger partial charge in [-0.2, -0.15) is 5.10 Å². The maximum atomic E-state index is 13.4. The van der Waals surface area contributed by atoms with Crippen molar-refractivity contribution in [1.29, 1.82) is 0 Å². The van der Waals surface area contributed by atoms with E-state index in [4.69, 9.17) is 0 Å². The zero-order valence-corrected chi connectivity index (χ0v) is 10.2. The Morgan fingerprint density at radius 2 is 2.00 bits per heavy atom. The third-order valence-electron chi connectivity index (χ3n) is 2.78. The minimum absolute atomic E-state index is 0.125. The van der Waals surface area contributed by atoms with Crippen LogP contribution < -0.4 is 5.32 Å². The van der Waals surface area contributed by atoms with Gasteiger partial charge in [-0.1, -0.05) is 6.07 Å². The summed E-state index contributed by atoms with van der Waals surface area (Å²) in [5.74, 6) is -1.93. The van der Waals surface area contributed by atoms with Gasteiger partial charge in [-0.25, -0.2) is 13.3 Å². The van der Waals surface area contributed by atoms with Gasteiger partial charge < -0.3 is 5.32 Å². The Morgan fingerprint density at radius 1 is 1.15 bits per heavy atom. The number of benzene rings is 1. The summed E-state index contributed by atoms with van der Waals surface area (Å²) >= 11 is 0. The van der Waals surface area contributed by atoms with Crippen molar-refractivity contribution in [2.45, 2.75) is 0 Å². The van der Waals surface area contributed by atoms with Crippen LogP contribution in [0.1, 0.15) is 10.5 Å². The molecule has 0 aliphatic rings. The molecular weight excluding hydrogens is 264 g/mol. The number of nitrogens with zero attached hydrogens (tertiary/aromatic N) is 2. The van der Waals surface area contributed by atoms with Crippen LogP contribution >= 0.6 is 0 Å². The Balaban J connectivity index is 1.90. The molecule has 20 heavy (non-hydrogen) atoms. The van der Waals surface area contributed by atoms with Gasteiger partial charge in [-0.05, 0) is 30.3 Å². The van der Waals surface area contributed by atoms with Crippen LogP contribution in [0.5, 0.6) is 0 Å². The number of carbonyl (C=O) groups is 1. The molecule has 1 N–H and O–H groups in total. The fourth-order valence-electron chi connectivity index (χ4n) is 1.83. The fourth-order valence-corrected chi connectivity index (χ4v) is 1.83. The summed E-state index contributed by atoms with van der Waals surface area (Å²) in [5, 5.41) is 6.35. The number of hydrogen-bond donors (Lipinski definition) is 1. The SMILES string of the molecule is O=C(Nc1cc(F)ccc1F)c1cc2ccccn2n1. The molecule has 0 atom stereocenters. The largest absolute Gasteiger partial charge is 0.318 e. The second-order valence-corrected chi connectivity index (χ2v) is 4.18. The molecule has 0 aliphatic carbocycles. The number of pyridine rings is 1. The summed E-state index contributed by atoms with van der Waals surface area (Å²) in [6.45, 7) is 0. The van der Waals surface area contributed by atoms with E-state index in [1.807, 2.05) is 6.07 Å². The Bertz CT molecular complexity index is 765. The van der Waals surface area contributed by atoms with E-state index in [9.17, 15) is 13.6 Å². The molecule has 0 fully saturated rings. The molecule has 0 radical (unpaired) electrons. The second-order valence-electron chi connectivity index (χ2n) is 4.18. The van der Waals surface area contributed by atoms with E-state index in [1.54, 1.807) is 24.4 Å². The van der Waals surface area contributed by atoms with Crippen LogP contribution in [0.25, 0.3) is 5.52 Å². The quantitative estimate of drug-likeness (QED) is 0.780. The van der Waals surface area contributed by atoms with Crippen LogP contribution in [0, 0.1) is 11.6 Å². The van der Waals surface area contributed by atoms with Crippen LogP contribution in [-0.4, -0.2) is 15.5 Å². The molecule has 0 bridgehead atoms. The van der Waals surface area contributed by atoms with E-state index in [2.05, 4.69) is 10.4 Å². The molecule has 4 nitrogen and oxygen atoms in total. The van der Waals surface area contributed by atoms with Crippen molar-refractivity contribution in [3.8, 4) is 0 Å². The minimum Gasteiger partial charge on any atom is -0.318 e. The Morgan fingerprint density at radius 3 is 2.80 bits per heavy atom. The molecule has 3 rings (SSSR count). The number of carbonyl (C=O) groups excluding carboxylic acids is 1. The summed E-state index contributed by atoms with van der Waals surface area (Å²) in [5.41, 5.74) is 0.643. The van der Waals surface area contributed by atoms with Crippen molar-refractivity contribution in [2.24, 2.45) is 0 Å². The van der Waals surface area contributed by atoms with Gasteiger partial charge >= 0.3 is 0 Å². The molecule has 0 unspecified atom stereocenters. The van der Waals surface area contributed by atoms with Gasteiger partial charge in [0, 0.05) is 12.3 Å². The number of rotatable bonds is 2. The zero-order valence-electron chi connectivity index (χ0n) is 10.2. The van der Waals surface area contributed by atoms with E-state index in [0.717, 1.165) is 23.7 Å². The Hall–Kier alpha value is -2.76. The highest BCUT2D eigenvalue weighted by Gasteiger charge is 2.13. The molecular formula is C14H9F2N3O. The molecule has 0 saturated heterocycles. The van der Waals surface area contributed by atoms with Crippen molar-refractivity contribution in [3.05, 3.63) is 66.0 Å². The minimum atomic E-state index is -0.705. The van der Waals surface area contributed by atoms with Crippen molar-refractivity contribution in [2.75, 3.05) is 5.32 Å². The van der Waals surface area contributed by atoms with Crippen molar-refractivity contribution >= 4 is 17.1 Å². The summed E-state index contributed by atoms with van der Waals surface area (Å²) in [7, 11) is 0. The average Bonchev–Trinajstić information content (AvgIpc) is 2.87. The monoisotopic (exact) mass is 273 g/mol. The first-order chi connectivity index (χ1) is 9.63. The summed E-state index contributed by atoms with van der Waals surface area (Å²) in [4.78, 5) is 12.0. The smallest absolute Gasteiger partial charge is 0.276 e. The van der Waals surface area contributed by atoms with E-state index >= 15 is 0 Å². The van der Waals surface area contributed by atoms with Gasteiger partial charge in [0.15, 0.2) is 5.69 Å². The summed E-state index contributed by atoms with van der Waals surface area (Å²) in [6, 6.07) is 9.78. The van der Waals surface area contributed by atoms with Gasteiger partial charge in [0.25, 0.3) is 5.91 Å². The zero-order chi connectivity index (χ0) is 14.1. The lowest BCUT2D eigenvalue weighted by Gasteiger charge is -2.04. The molecule has 2 aromatic heterocycles. The lowest BCUT2D eigenvalue weighted by atomic mass is 10.2. The van der Waals surface area contributed by atoms with Gasteiger partial charge in [0.2, 0.25) is 0 Å². The van der Waals surface area contributed by atoms with Crippen LogP contribution in [0.4, 0.5) is 14.5 Å². The van der Waals surface area contributed by atoms with E-state index in [0.29, 0.717) is 0 Å². The third kappa shape index (κ3) is 2.23. The van der Waals surface area contributed by atoms with Crippen molar-refractivity contribution < 1.29 is 13.6 Å². The number of fused-ring (bicyclic) bond motifs is 1. The predicted octanol–water partition coefficient (Wildman–Crippen LogP) is 2.86. The molecule has 2 heterocycles. The second kappa shape index (κ2) is 4.73. The number of amides is 1. The third-order valence-corrected chi connectivity index (χ3v) is 2.78. The van der Waals surface area contributed by atoms with E-state index in [1.165, 1.54) is 4.52 Å². The fraction of sp³-hybridized carbons (Fsp3) is 0. The van der Waals surface area contributed by atoms with Gasteiger partial charge in [0.05, 0.1) is 11.2 Å². The van der Waals surface area contributed by atoms with E-state index in [-0.39, 0.29) is 11.4 Å². The number of aromatic nitrogens is 2. The standard InChI is InChI=1S/C14H9F2N3O/c15-9-4-5-11(16)12(7-9)17-14(20)13-8-10-3-1-2-6-19(10)18-13/h1-8H,(H,17,20). The molecule has 1 amide bonds. The Kier molecular flexibility index (Phi) is 2.90. The average molecular weight is 273 g/mol. The number of halogens is 2. The first kappa shape index (κ1) is 12.3. The lowest BCUT2D eigenvalue weighted by molar-refractivity contribution is 0.102. The summed E-state index contributed by atoms with van der Waals surface area (Å²) in [6.07, 6.45) is 1.69. The highest BCUT2D eigenvalue weighted by molar-refractivity contribution is 6.03. The molecule has 0 spiro atoms. The number of hydrogen-bond acceptors (Lipinski definition) is 2. The van der Waals surface area contributed by atoms with E-state index < -0.39 is 17.5 Å². The molecule has 0 saturated carbocycles. The maximum Gasteiger partial charge on any atom is 0.276 e. The molecule has 100 valence electrons. The van der Waals surface area contributed by atoms with Gasteiger partial charge in [-0.3, -0.25) is 4.79 Å². The van der Waals surface area contributed by atoms with Crippen LogP contribution in [0.15, 0.2) is 48.7 Å². The summed E-state index contributed by atoms with van der Waals surface area (Å²) < 4.78 is 28.0. The first-order valence-electron chi connectivity index (χ1n) is 5.84. The van der Waals surface area contributed by atoms with Crippen molar-refractivity contribution in [3.63, 3.8) is 0 Å². The van der Waals surface area contributed by atoms with Crippen LogP contribution in [-0.2, 0) is 0 Å². The molecule has 3 aromatic rings. The number of anilines is 1. The normalized spacial score (nSPS) is 10.7. The Labute approximate surface area is 112 Å². The van der Waals surface area contributed by atoms with Gasteiger partial charge in [-0.15, -0.1) is 0 Å². The molecule has 0 aliphatic heterocycles. The highest BCUT2D eigenvalue weighted by atomic mass is 19.1. The first-order valence-corrected chi connectivity index (χ1v) is 5.84. The van der Waals surface area contributed by atoms with Crippen molar-refractivity contribution in [1.82, 2.24) is 9.61 Å². The molecule has 1 aromatic carbocycles. The number of nitrogens with one attached hydrogen (secondary N) is 1. The van der Waals surface area contributed by atoms with Gasteiger partial charge in [0.1, 0.15) is 11.6 Å². The predicted molar refractivity (Wildman–Crippen MR) is 69.5 cm³/mol. The maximum absolute atomic E-state index is 13.4. The molecule has 6 heteroatoms. The van der Waals surface area contributed by atoms with Crippen LogP contribution in [0.3, 0.4) is 0 Å². The highest BCUT2D eigenvalue weighted by Crippen LogP contribution is 2.16. The topological polar surface area (TPSA) is 46.4 Å².